The van der Waals surface area contributed by atoms with Gasteiger partial charge in [-0.25, -0.2) is 0 Å². The molecule has 30 nitrogen and oxygen atoms in total. The molecule has 5 rings (SSSR count). The summed E-state index contributed by atoms with van der Waals surface area (Å²) in [6.45, 7) is -3.92. The van der Waals surface area contributed by atoms with E-state index in [1.54, 1.807) is 0 Å². The molecule has 70 heavy (non-hydrogen) atoms. The number of hydrogen-bond acceptors (Lipinski definition) is 29. The number of hydrogen-bond donors (Lipinski definition) is 15. The average Bonchev–Trinajstić information content (AvgIpc) is 3.33. The van der Waals surface area contributed by atoms with Crippen molar-refractivity contribution in [1.29, 1.82) is 0 Å². The predicted molar refractivity (Wildman–Crippen MR) is 217 cm³/mol. The predicted octanol–water partition coefficient (Wildman–Crippen LogP) is -9.75. The maximum atomic E-state index is 12.5. The molecule has 0 aromatic rings. The van der Waals surface area contributed by atoms with Gasteiger partial charge in [0, 0.05) is 14.2 Å². The average molecular weight is 1030 g/mol. The van der Waals surface area contributed by atoms with E-state index in [1.165, 1.54) is 21.1 Å². The van der Waals surface area contributed by atoms with Gasteiger partial charge in [-0.15, -0.1) is 0 Å². The summed E-state index contributed by atoms with van der Waals surface area (Å²) in [6.07, 6.45) is -44.3. The molecule has 408 valence electrons. The Morgan fingerprint density at radius 2 is 0.943 bits per heavy atom. The van der Waals surface area contributed by atoms with Crippen molar-refractivity contribution in [1.82, 2.24) is 0 Å². The van der Waals surface area contributed by atoms with Gasteiger partial charge in [0.25, 0.3) is 0 Å². The van der Waals surface area contributed by atoms with Crippen LogP contribution in [0.4, 0.5) is 0 Å². The molecule has 0 aromatic heterocycles. The lowest BCUT2D eigenvalue weighted by atomic mass is 9.94. The Hall–Kier alpha value is -2.10. The van der Waals surface area contributed by atoms with Gasteiger partial charge in [0.15, 0.2) is 31.3 Å². The zero-order valence-electron chi connectivity index (χ0n) is 38.2. The summed E-state index contributed by atoms with van der Waals surface area (Å²) < 4.78 is 73.4. The number of aliphatic hydroxyl groups is 14. The first-order chi connectivity index (χ1) is 33.2. The molecule has 15 N–H and O–H groups in total. The molecule has 5 fully saturated rings. The Balaban J connectivity index is 1.39. The van der Waals surface area contributed by atoms with Crippen LogP contribution in [0.5, 0.6) is 0 Å². The van der Waals surface area contributed by atoms with Crippen molar-refractivity contribution in [2.75, 3.05) is 60.5 Å². The number of carbonyl (C=O) groups excluding carboxylic acids is 1. The first-order valence-electron chi connectivity index (χ1n) is 22.4. The van der Waals surface area contributed by atoms with Gasteiger partial charge in [-0.2, -0.15) is 0 Å². The fourth-order valence-electron chi connectivity index (χ4n) is 8.70. The molecule has 5 heterocycles. The Bertz CT molecular complexity index is 1580. The van der Waals surface area contributed by atoms with Gasteiger partial charge < -0.3 is 138 Å². The number of carboxylic acid groups (broad SMARTS) is 1. The van der Waals surface area contributed by atoms with E-state index in [0.717, 1.165) is 0 Å². The molecular formula is C40H68O30. The number of rotatable bonds is 23. The number of methoxy groups -OCH3 is 2. The second kappa shape index (κ2) is 26.9. The first kappa shape index (κ1) is 58.8. The molecule has 30 heteroatoms. The van der Waals surface area contributed by atoms with Crippen LogP contribution in [0.3, 0.4) is 0 Å². The SMILES string of the molecule is COC1C(CO)OC(OCC2OC(OC3C(CO)OC(C)C(OC(=O)CCC(=O)O)C3O)C(O)C(O)C2OC2OC(CO)C(OC)C(O)C2OCC(O)COC2C(CO)OC(O)C(O)C2O)C(O)C1O. The fraction of sp³-hybridized carbons (Fsp3) is 0.950. The van der Waals surface area contributed by atoms with Gasteiger partial charge in [0.1, 0.15) is 122 Å². The van der Waals surface area contributed by atoms with E-state index >= 15 is 0 Å². The molecule has 5 saturated heterocycles. The molecule has 0 radical (unpaired) electrons. The van der Waals surface area contributed by atoms with E-state index in [4.69, 9.17) is 66.7 Å². The van der Waals surface area contributed by atoms with Crippen LogP contribution < -0.4 is 0 Å². The topological polar surface area (TPSA) is 458 Å². The van der Waals surface area contributed by atoms with Crippen LogP contribution in [0.25, 0.3) is 0 Å². The number of aliphatic carboxylic acids is 1. The zero-order chi connectivity index (χ0) is 51.7. The van der Waals surface area contributed by atoms with Crippen molar-refractivity contribution in [3.8, 4) is 0 Å². The van der Waals surface area contributed by atoms with E-state index in [1.807, 2.05) is 0 Å². The second-order valence-corrected chi connectivity index (χ2v) is 17.3. The smallest absolute Gasteiger partial charge is 0.306 e. The molecule has 26 atom stereocenters. The Labute approximate surface area is 399 Å². The van der Waals surface area contributed by atoms with E-state index in [-0.39, 0.29) is 0 Å². The summed E-state index contributed by atoms with van der Waals surface area (Å²) in [6, 6.07) is 0. The minimum atomic E-state index is -2.17. The number of carbonyl (C=O) groups is 2. The van der Waals surface area contributed by atoms with Gasteiger partial charge in [0.05, 0.1) is 65.2 Å². The first-order valence-corrected chi connectivity index (χ1v) is 22.4. The maximum Gasteiger partial charge on any atom is 0.306 e. The molecular weight excluding hydrogens is 960 g/mol. The summed E-state index contributed by atoms with van der Waals surface area (Å²) in [5.74, 6) is -2.34. The third-order valence-corrected chi connectivity index (χ3v) is 12.5. The highest BCUT2D eigenvalue weighted by Crippen LogP contribution is 2.35. The maximum absolute atomic E-state index is 12.5. The van der Waals surface area contributed by atoms with Crippen LogP contribution in [-0.2, 0) is 71.2 Å². The summed E-state index contributed by atoms with van der Waals surface area (Å²) in [7, 11) is 2.36. The highest BCUT2D eigenvalue weighted by atomic mass is 16.8. The number of aliphatic hydroxyl groups excluding tert-OH is 14. The van der Waals surface area contributed by atoms with E-state index in [9.17, 15) is 81.1 Å². The van der Waals surface area contributed by atoms with Gasteiger partial charge in [0.2, 0.25) is 0 Å². The van der Waals surface area contributed by atoms with Gasteiger partial charge in [-0.1, -0.05) is 0 Å². The van der Waals surface area contributed by atoms with Crippen molar-refractivity contribution in [2.45, 2.75) is 179 Å². The van der Waals surface area contributed by atoms with Crippen LogP contribution in [0.1, 0.15) is 19.8 Å². The van der Waals surface area contributed by atoms with Crippen molar-refractivity contribution < 1.29 is 148 Å². The van der Waals surface area contributed by atoms with Crippen LogP contribution in [0.2, 0.25) is 0 Å². The highest BCUT2D eigenvalue weighted by Gasteiger charge is 2.56. The molecule has 5 aliphatic heterocycles. The summed E-state index contributed by atoms with van der Waals surface area (Å²) in [5.41, 5.74) is 0. The quantitative estimate of drug-likeness (QED) is 0.0423. The molecule has 0 spiro atoms. The Kier molecular flexibility index (Phi) is 22.6. The normalized spacial score (nSPS) is 45.2. The van der Waals surface area contributed by atoms with Crippen molar-refractivity contribution in [3.63, 3.8) is 0 Å². The lowest BCUT2D eigenvalue weighted by molar-refractivity contribution is -0.382. The summed E-state index contributed by atoms with van der Waals surface area (Å²) in [5, 5.41) is 158. The number of ether oxygens (including phenoxy) is 13. The third kappa shape index (κ3) is 13.8. The van der Waals surface area contributed by atoms with Gasteiger partial charge >= 0.3 is 11.9 Å². The third-order valence-electron chi connectivity index (χ3n) is 12.5. The van der Waals surface area contributed by atoms with Crippen LogP contribution in [0.15, 0.2) is 0 Å². The van der Waals surface area contributed by atoms with Crippen molar-refractivity contribution in [3.05, 3.63) is 0 Å². The van der Waals surface area contributed by atoms with E-state index in [0.29, 0.717) is 0 Å². The largest absolute Gasteiger partial charge is 0.481 e. The van der Waals surface area contributed by atoms with Crippen molar-refractivity contribution in [2.24, 2.45) is 0 Å². The zero-order valence-corrected chi connectivity index (χ0v) is 38.2. The van der Waals surface area contributed by atoms with E-state index in [2.05, 4.69) is 0 Å². The van der Waals surface area contributed by atoms with Crippen LogP contribution >= 0.6 is 0 Å². The monoisotopic (exact) mass is 1030 g/mol. The molecule has 26 unspecified atom stereocenters. The Morgan fingerprint density at radius 3 is 1.53 bits per heavy atom. The Morgan fingerprint density at radius 1 is 0.486 bits per heavy atom. The standard InChI is InChI=1S/C40H68O30/c1-13-30(68-21(48)5-4-20(46)47)28(55)34(18(9-44)63-13)69-39-27(54)24(51)35(19(67-39)12-62-38-26(53)23(50)31(58-2)15(6-41)65-38)70-40-36(29(56)32(59-3)16(7-42)66-40)61-11-14(45)10-60-33-17(8-43)64-37(57)25(52)22(33)49/h13-19,22-45,49-57H,4-12H2,1-3H3,(H,46,47). The molecule has 0 bridgehead atoms. The minimum absolute atomic E-state index is 0.583. The molecule has 5 aliphatic rings. The fourth-order valence-corrected chi connectivity index (χ4v) is 8.70. The van der Waals surface area contributed by atoms with Gasteiger partial charge in [-0.3, -0.25) is 9.59 Å². The van der Waals surface area contributed by atoms with Crippen LogP contribution in [-0.4, -0.2) is 308 Å². The second-order valence-electron chi connectivity index (χ2n) is 17.3. The summed E-state index contributed by atoms with van der Waals surface area (Å²) in [4.78, 5) is 23.5. The minimum Gasteiger partial charge on any atom is -0.481 e. The lowest BCUT2D eigenvalue weighted by Crippen LogP contribution is -2.67. The molecule has 0 saturated carbocycles. The molecule has 0 aromatic carbocycles. The molecule has 0 aliphatic carbocycles. The molecule has 0 amide bonds. The van der Waals surface area contributed by atoms with E-state index < -0.39 is 230 Å². The number of esters is 1. The number of carboxylic acids is 1. The van der Waals surface area contributed by atoms with Gasteiger partial charge in [-0.05, 0) is 6.92 Å². The highest BCUT2D eigenvalue weighted by molar-refractivity contribution is 5.76. The lowest BCUT2D eigenvalue weighted by Gasteiger charge is -2.49. The summed E-state index contributed by atoms with van der Waals surface area (Å²) >= 11 is 0. The van der Waals surface area contributed by atoms with Crippen molar-refractivity contribution >= 4 is 11.9 Å². The van der Waals surface area contributed by atoms with Crippen LogP contribution in [0, 0.1) is 0 Å².